The first-order valence-corrected chi connectivity index (χ1v) is 6.78. The predicted octanol–water partition coefficient (Wildman–Crippen LogP) is 3.16. The van der Waals surface area contributed by atoms with Crippen molar-refractivity contribution in [2.75, 3.05) is 7.11 Å². The summed E-state index contributed by atoms with van der Waals surface area (Å²) in [5.41, 5.74) is 8.13. The molecule has 3 heteroatoms. The maximum absolute atomic E-state index is 5.93. The second kappa shape index (κ2) is 6.96. The summed E-state index contributed by atoms with van der Waals surface area (Å²) >= 11 is 0. The molecule has 20 heavy (non-hydrogen) atoms. The lowest BCUT2D eigenvalue weighted by molar-refractivity contribution is 0.300. The molecule has 0 aliphatic carbocycles. The van der Waals surface area contributed by atoms with E-state index < -0.39 is 0 Å². The molecule has 2 aromatic carbocycles. The van der Waals surface area contributed by atoms with Gasteiger partial charge in [0.05, 0.1) is 7.11 Å². The molecule has 0 heterocycles. The third kappa shape index (κ3) is 4.00. The Bertz CT molecular complexity index is 538. The van der Waals surface area contributed by atoms with Crippen LogP contribution in [-0.4, -0.2) is 13.2 Å². The quantitative estimate of drug-likeness (QED) is 0.877. The fourth-order valence-electron chi connectivity index (χ4n) is 2.05. The van der Waals surface area contributed by atoms with Gasteiger partial charge in [-0.25, -0.2) is 0 Å². The van der Waals surface area contributed by atoms with Crippen molar-refractivity contribution in [2.24, 2.45) is 5.73 Å². The van der Waals surface area contributed by atoms with E-state index >= 15 is 0 Å². The molecule has 0 saturated carbocycles. The normalized spacial score (nSPS) is 11.9. The summed E-state index contributed by atoms with van der Waals surface area (Å²) in [5.74, 6) is 1.63. The fourth-order valence-corrected chi connectivity index (χ4v) is 2.05. The van der Waals surface area contributed by atoms with Gasteiger partial charge < -0.3 is 15.2 Å². The number of nitrogens with two attached hydrogens (primary N) is 1. The summed E-state index contributed by atoms with van der Waals surface area (Å²) in [6.45, 7) is 2.53. The largest absolute Gasteiger partial charge is 0.497 e. The highest BCUT2D eigenvalue weighted by molar-refractivity contribution is 5.41. The van der Waals surface area contributed by atoms with Crippen LogP contribution >= 0.6 is 0 Å². The Morgan fingerprint density at radius 2 is 1.85 bits per heavy atom. The van der Waals surface area contributed by atoms with Gasteiger partial charge >= 0.3 is 0 Å². The average Bonchev–Trinajstić information content (AvgIpc) is 2.47. The van der Waals surface area contributed by atoms with Crippen LogP contribution in [0.5, 0.6) is 11.5 Å². The highest BCUT2D eigenvalue weighted by Gasteiger charge is 2.08. The van der Waals surface area contributed by atoms with Crippen LogP contribution in [0, 0.1) is 0 Å². The molecule has 0 aromatic heterocycles. The first-order valence-electron chi connectivity index (χ1n) is 6.78. The third-order valence-corrected chi connectivity index (χ3v) is 3.05. The van der Waals surface area contributed by atoms with Gasteiger partial charge in [-0.3, -0.25) is 0 Å². The van der Waals surface area contributed by atoms with Gasteiger partial charge in [-0.15, -0.1) is 0 Å². The lowest BCUT2D eigenvalue weighted by Gasteiger charge is -2.14. The average molecular weight is 271 g/mol. The van der Waals surface area contributed by atoms with Gasteiger partial charge in [0.25, 0.3) is 0 Å². The summed E-state index contributed by atoms with van der Waals surface area (Å²) in [4.78, 5) is 0. The van der Waals surface area contributed by atoms with E-state index in [1.807, 2.05) is 55.5 Å². The van der Waals surface area contributed by atoms with Crippen molar-refractivity contribution < 1.29 is 9.47 Å². The van der Waals surface area contributed by atoms with Gasteiger partial charge in [-0.2, -0.15) is 0 Å². The van der Waals surface area contributed by atoms with Crippen LogP contribution in [0.4, 0.5) is 0 Å². The van der Waals surface area contributed by atoms with Gasteiger partial charge in [-0.05, 0) is 30.5 Å². The van der Waals surface area contributed by atoms with E-state index in [0.29, 0.717) is 6.61 Å². The standard InChI is InChI=1S/C17H21NO2/c1-13(18)10-15-8-9-16(19-2)11-17(15)20-12-14-6-4-3-5-7-14/h3-9,11,13H,10,12,18H2,1-2H3/t13-/m1/s1. The first kappa shape index (κ1) is 14.4. The van der Waals surface area contributed by atoms with Crippen LogP contribution in [0.25, 0.3) is 0 Å². The summed E-state index contributed by atoms with van der Waals surface area (Å²) in [6.07, 6.45) is 0.786. The van der Waals surface area contributed by atoms with Crippen molar-refractivity contribution >= 4 is 0 Å². The highest BCUT2D eigenvalue weighted by Crippen LogP contribution is 2.26. The van der Waals surface area contributed by atoms with Crippen molar-refractivity contribution in [3.8, 4) is 11.5 Å². The molecule has 0 aliphatic rings. The third-order valence-electron chi connectivity index (χ3n) is 3.05. The van der Waals surface area contributed by atoms with Gasteiger partial charge in [0.2, 0.25) is 0 Å². The number of ether oxygens (including phenoxy) is 2. The van der Waals surface area contributed by atoms with Crippen LogP contribution in [-0.2, 0) is 13.0 Å². The van der Waals surface area contributed by atoms with Crippen molar-refractivity contribution in [3.63, 3.8) is 0 Å². The molecular weight excluding hydrogens is 250 g/mol. The van der Waals surface area contributed by atoms with Crippen LogP contribution in [0.2, 0.25) is 0 Å². The SMILES string of the molecule is COc1ccc(C[C@@H](C)N)c(OCc2ccccc2)c1. The maximum atomic E-state index is 5.93. The van der Waals surface area contributed by atoms with Gasteiger partial charge in [0, 0.05) is 12.1 Å². The highest BCUT2D eigenvalue weighted by atomic mass is 16.5. The molecule has 0 aliphatic heterocycles. The van der Waals surface area contributed by atoms with E-state index in [2.05, 4.69) is 0 Å². The lowest BCUT2D eigenvalue weighted by atomic mass is 10.1. The Labute approximate surface area is 120 Å². The Morgan fingerprint density at radius 1 is 1.10 bits per heavy atom. The molecule has 2 aromatic rings. The zero-order valence-electron chi connectivity index (χ0n) is 12.0. The van der Waals surface area contributed by atoms with Crippen molar-refractivity contribution in [1.82, 2.24) is 0 Å². The molecule has 2 rings (SSSR count). The molecule has 106 valence electrons. The molecule has 0 bridgehead atoms. The van der Waals surface area contributed by atoms with Gasteiger partial charge in [0.1, 0.15) is 18.1 Å². The van der Waals surface area contributed by atoms with E-state index in [1.165, 1.54) is 0 Å². The number of hydrogen-bond acceptors (Lipinski definition) is 3. The van der Waals surface area contributed by atoms with Crippen molar-refractivity contribution in [2.45, 2.75) is 26.0 Å². The van der Waals surface area contributed by atoms with Gasteiger partial charge in [-0.1, -0.05) is 36.4 Å². The summed E-state index contributed by atoms with van der Waals surface area (Å²) in [7, 11) is 1.65. The van der Waals surface area contributed by atoms with E-state index in [1.54, 1.807) is 7.11 Å². The second-order valence-electron chi connectivity index (χ2n) is 4.93. The Kier molecular flexibility index (Phi) is 5.02. The fraction of sp³-hybridized carbons (Fsp3) is 0.294. The zero-order chi connectivity index (χ0) is 14.4. The van der Waals surface area contributed by atoms with E-state index in [-0.39, 0.29) is 6.04 Å². The first-order chi connectivity index (χ1) is 9.69. The minimum Gasteiger partial charge on any atom is -0.497 e. The summed E-state index contributed by atoms with van der Waals surface area (Å²) in [6, 6.07) is 16.1. The molecule has 1 atom stereocenters. The number of hydrogen-bond donors (Lipinski definition) is 1. The molecule has 0 saturated heterocycles. The van der Waals surface area contributed by atoms with E-state index in [4.69, 9.17) is 15.2 Å². The maximum Gasteiger partial charge on any atom is 0.126 e. The minimum absolute atomic E-state index is 0.0995. The van der Waals surface area contributed by atoms with Crippen molar-refractivity contribution in [3.05, 3.63) is 59.7 Å². The molecule has 3 nitrogen and oxygen atoms in total. The number of benzene rings is 2. The minimum atomic E-state index is 0.0995. The van der Waals surface area contributed by atoms with Crippen LogP contribution in [0.3, 0.4) is 0 Å². The zero-order valence-corrected chi connectivity index (χ0v) is 12.0. The topological polar surface area (TPSA) is 44.5 Å². The van der Waals surface area contributed by atoms with Crippen LogP contribution in [0.1, 0.15) is 18.1 Å². The van der Waals surface area contributed by atoms with E-state index in [0.717, 1.165) is 29.0 Å². The molecule has 0 fully saturated rings. The smallest absolute Gasteiger partial charge is 0.126 e. The van der Waals surface area contributed by atoms with E-state index in [9.17, 15) is 0 Å². The lowest BCUT2D eigenvalue weighted by Crippen LogP contribution is -2.18. The second-order valence-corrected chi connectivity index (χ2v) is 4.93. The van der Waals surface area contributed by atoms with Crippen LogP contribution in [0.15, 0.2) is 48.5 Å². The molecule has 0 spiro atoms. The molecular formula is C17H21NO2. The summed E-state index contributed by atoms with van der Waals surface area (Å²) < 4.78 is 11.2. The Morgan fingerprint density at radius 3 is 2.50 bits per heavy atom. The molecule has 0 amide bonds. The molecule has 0 unspecified atom stereocenters. The van der Waals surface area contributed by atoms with Gasteiger partial charge in [0.15, 0.2) is 0 Å². The number of rotatable bonds is 6. The Balaban J connectivity index is 2.15. The van der Waals surface area contributed by atoms with Crippen LogP contribution < -0.4 is 15.2 Å². The number of methoxy groups -OCH3 is 1. The Hall–Kier alpha value is -2.00. The predicted molar refractivity (Wildman–Crippen MR) is 81.1 cm³/mol. The van der Waals surface area contributed by atoms with Crippen molar-refractivity contribution in [1.29, 1.82) is 0 Å². The summed E-state index contributed by atoms with van der Waals surface area (Å²) in [5, 5.41) is 0. The molecule has 0 radical (unpaired) electrons. The molecule has 2 N–H and O–H groups in total. The monoisotopic (exact) mass is 271 g/mol.